The van der Waals surface area contributed by atoms with Crippen LogP contribution in [0.25, 0.3) is 17.2 Å². The number of hydrogen-bond acceptors (Lipinski definition) is 29. The van der Waals surface area contributed by atoms with Gasteiger partial charge in [0.15, 0.2) is 17.1 Å². The van der Waals surface area contributed by atoms with Crippen molar-refractivity contribution in [3.8, 4) is 0 Å². The van der Waals surface area contributed by atoms with Crippen LogP contribution in [0.1, 0.15) is 138 Å². The molecule has 4 aromatic rings. The van der Waals surface area contributed by atoms with Crippen LogP contribution < -0.4 is 59.6 Å². The van der Waals surface area contributed by atoms with E-state index in [2.05, 4.69) is 67.5 Å². The van der Waals surface area contributed by atoms with Gasteiger partial charge in [-0.1, -0.05) is 55.7 Å². The van der Waals surface area contributed by atoms with Crippen molar-refractivity contribution in [1.29, 1.82) is 5.41 Å². The SMILES string of the molecule is C/C(=C\c1csc(C)n1)C1CCC(NCCOC(=O)OCCSSCC(NC(=O)C(CC(=O)O)NC(=O)C(CCCNC(=N)N)NC(=O)C(CC(=O)O)NC(=O)CCC(NC(=O)c2ccc(NCc3cnc4nc(N)[nH]c(=O)c4n3)cc2)C(=O)O)C(=O)O)CCCC(C)C(O)C(C)C(=O)C(C)(C)C(O)CC(=O)O1. The fraction of sp³-hybridized carbons (Fsp3) is 0.552. The second-order valence-electron chi connectivity index (χ2n) is 26.1. The maximum atomic E-state index is 14.0. The molecule has 1 aliphatic rings. The monoisotopic (exact) mass is 1570 g/mol. The molecular weight excluding hydrogens is 1480 g/mol. The van der Waals surface area contributed by atoms with Crippen molar-refractivity contribution in [2.75, 3.05) is 48.9 Å². The van der Waals surface area contributed by atoms with Crippen LogP contribution in [-0.2, 0) is 68.7 Å². The van der Waals surface area contributed by atoms with Gasteiger partial charge in [-0.15, -0.1) is 11.3 Å². The number of nitrogens with zero attached hydrogens (tertiary/aromatic N) is 4. The molecule has 592 valence electrons. The number of aliphatic carboxylic acids is 4. The zero-order valence-corrected chi connectivity index (χ0v) is 62.7. The van der Waals surface area contributed by atoms with Crippen LogP contribution >= 0.6 is 32.9 Å². The van der Waals surface area contributed by atoms with Gasteiger partial charge in [0.25, 0.3) is 11.5 Å². The van der Waals surface area contributed by atoms with E-state index in [0.29, 0.717) is 54.8 Å². The molecule has 20 N–H and O–H groups in total. The number of ketones is 1. The molecule has 1 fully saturated rings. The number of aromatic amines is 1. The lowest BCUT2D eigenvalue weighted by Crippen LogP contribution is -2.58. The highest BCUT2D eigenvalue weighted by Gasteiger charge is 2.43. The minimum atomic E-state index is -2.00. The number of aryl methyl sites for hydroxylation is 1. The number of benzene rings is 1. The number of nitrogens with two attached hydrogens (primary N) is 2. The van der Waals surface area contributed by atoms with E-state index in [9.17, 15) is 93.0 Å². The van der Waals surface area contributed by atoms with Crippen molar-refractivity contribution >= 4 is 139 Å². The number of Topliss-reactive ketones (excluding diaryl/α,β-unsaturated/α-hetero) is 1. The number of carbonyl (C=O) groups excluding carboxylic acids is 8. The number of fused-ring (bicyclic) bond motifs is 1. The third-order valence-corrected chi connectivity index (χ3v) is 20.4. The van der Waals surface area contributed by atoms with Gasteiger partial charge in [0.05, 0.1) is 66.0 Å². The summed E-state index contributed by atoms with van der Waals surface area (Å²) in [6.45, 7) is 10.0. The van der Waals surface area contributed by atoms with Crippen molar-refractivity contribution in [2.24, 2.45) is 23.0 Å². The fourth-order valence-corrected chi connectivity index (χ4v) is 13.6. The van der Waals surface area contributed by atoms with Gasteiger partial charge in [0.2, 0.25) is 29.6 Å². The third-order valence-electron chi connectivity index (χ3n) is 17.2. The number of esters is 1. The van der Waals surface area contributed by atoms with Gasteiger partial charge >= 0.3 is 36.0 Å². The summed E-state index contributed by atoms with van der Waals surface area (Å²) >= 11 is 1.46. The maximum absolute atomic E-state index is 14.0. The van der Waals surface area contributed by atoms with Gasteiger partial charge < -0.3 is 98.9 Å². The quantitative estimate of drug-likeness (QED) is 0.00995. The summed E-state index contributed by atoms with van der Waals surface area (Å²) in [6, 6.07) is -3.61. The van der Waals surface area contributed by atoms with E-state index in [1.165, 1.54) is 41.8 Å². The van der Waals surface area contributed by atoms with E-state index < -0.39 is 169 Å². The first-order chi connectivity index (χ1) is 51.0. The van der Waals surface area contributed by atoms with Crippen molar-refractivity contribution < 1.29 is 102 Å². The van der Waals surface area contributed by atoms with Crippen molar-refractivity contribution in [2.45, 2.75) is 180 Å². The molecule has 0 saturated carbocycles. The Labute approximate surface area is 631 Å². The first kappa shape index (κ1) is 88.5. The number of cyclic esters (lactones) is 1. The lowest BCUT2D eigenvalue weighted by atomic mass is 9.73. The number of guanidine groups is 1. The standard InChI is InChI=1S/C67H94N16O22S3/c1-33-9-7-10-38(16-18-47(34(2)25-40-31-106-36(4)75-40)105-52(90)28-48(84)67(5,6)55(92)35(3)54(33)91)71-21-22-103-66(102)104-23-24-107-108-32-46(63(100)101)81-60(96)45(27-51(88)89)80-58(94)42(11-8-20-72-64(68)69)78-59(95)44(26-50(86)87)77-49(85)19-17-43(62(98)99)79-57(93)37-12-14-39(15-13-37)73-29-41-30-74-56-53(76-41)61(97)83-65(70)82-56/h12-15,25,30-31,33,35,38,42-48,54,71,73,84,91H,7-11,16-24,26-29,32H2,1-6H3,(H,77,85)(H,78,95)(H,79,93)(H,80,94)(H,81,96)(H,86,87)(H,88,89)(H,98,99)(H,100,101)(H4,68,69,72)(H3,70,74,82,83,97)/b34-25+. The lowest BCUT2D eigenvalue weighted by Gasteiger charge is -2.34. The molecule has 3 aromatic heterocycles. The number of aromatic nitrogens is 5. The number of carboxylic acid groups (broad SMARTS) is 4. The maximum Gasteiger partial charge on any atom is 0.508 e. The summed E-state index contributed by atoms with van der Waals surface area (Å²) in [5.74, 6) is -15.3. The molecule has 1 saturated heterocycles. The molecule has 0 aliphatic carbocycles. The molecule has 11 atom stereocenters. The predicted molar refractivity (Wildman–Crippen MR) is 394 cm³/mol. The molecule has 108 heavy (non-hydrogen) atoms. The molecule has 41 heteroatoms. The second kappa shape index (κ2) is 43.6. The molecule has 38 nitrogen and oxygen atoms in total. The van der Waals surface area contributed by atoms with Crippen LogP contribution in [0.3, 0.4) is 0 Å². The smallest absolute Gasteiger partial charge is 0.481 e. The Bertz CT molecular complexity index is 3920. The zero-order valence-electron chi connectivity index (χ0n) is 60.2. The number of ether oxygens (including phenoxy) is 3. The van der Waals surface area contributed by atoms with Crippen LogP contribution in [0.15, 0.2) is 46.2 Å². The third kappa shape index (κ3) is 29.9. The summed E-state index contributed by atoms with van der Waals surface area (Å²) in [6.07, 6.45) is -2.78. The summed E-state index contributed by atoms with van der Waals surface area (Å²) in [4.78, 5) is 188. The van der Waals surface area contributed by atoms with Gasteiger partial charge in [-0.3, -0.25) is 58.3 Å². The summed E-state index contributed by atoms with van der Waals surface area (Å²) in [5.41, 5.74) is 11.2. The summed E-state index contributed by atoms with van der Waals surface area (Å²) < 4.78 is 16.5. The normalized spacial score (nSPS) is 19.3. The highest BCUT2D eigenvalue weighted by Crippen LogP contribution is 2.33. The van der Waals surface area contributed by atoms with Crippen molar-refractivity contribution in [1.82, 2.24) is 62.1 Å². The molecule has 0 radical (unpaired) electrons. The predicted octanol–water partition coefficient (Wildman–Crippen LogP) is 1.32. The van der Waals surface area contributed by atoms with Crippen LogP contribution in [0.4, 0.5) is 16.4 Å². The topological polar surface area (TPSA) is 610 Å². The molecule has 11 unspecified atom stereocenters. The molecule has 0 bridgehead atoms. The number of aliphatic hydroxyl groups is 2. The van der Waals surface area contributed by atoms with E-state index in [-0.39, 0.29) is 97.6 Å². The van der Waals surface area contributed by atoms with Crippen LogP contribution in [0.2, 0.25) is 0 Å². The van der Waals surface area contributed by atoms with Crippen molar-refractivity contribution in [3.63, 3.8) is 0 Å². The lowest BCUT2D eigenvalue weighted by molar-refractivity contribution is -0.155. The number of carboxylic acids is 4. The Kier molecular flexibility index (Phi) is 35.8. The molecular formula is C67H94N16O22S3. The number of carbonyl (C=O) groups is 12. The number of thiazole rings is 1. The minimum absolute atomic E-state index is 0.000621. The number of nitrogen functional groups attached to an aromatic ring is 1. The molecule has 4 heterocycles. The highest BCUT2D eigenvalue weighted by molar-refractivity contribution is 8.76. The minimum Gasteiger partial charge on any atom is -0.481 e. The van der Waals surface area contributed by atoms with Gasteiger partial charge in [0.1, 0.15) is 55.3 Å². The van der Waals surface area contributed by atoms with Crippen LogP contribution in [0.5, 0.6) is 0 Å². The van der Waals surface area contributed by atoms with E-state index in [4.69, 9.17) is 31.1 Å². The number of aliphatic hydroxyl groups excluding tert-OH is 2. The van der Waals surface area contributed by atoms with E-state index in [1.54, 1.807) is 20.8 Å². The van der Waals surface area contributed by atoms with Gasteiger partial charge in [-0.2, -0.15) is 4.98 Å². The van der Waals surface area contributed by atoms with E-state index >= 15 is 0 Å². The highest BCUT2D eigenvalue weighted by atomic mass is 33.1. The van der Waals surface area contributed by atoms with Crippen LogP contribution in [-0.4, -0.2) is 225 Å². The number of rotatable bonds is 37. The summed E-state index contributed by atoms with van der Waals surface area (Å²) in [7, 11) is 1.95. The zero-order chi connectivity index (χ0) is 79.9. The van der Waals surface area contributed by atoms with E-state index in [0.717, 1.165) is 26.6 Å². The van der Waals surface area contributed by atoms with Gasteiger partial charge in [-0.25, -0.2) is 29.3 Å². The van der Waals surface area contributed by atoms with E-state index in [1.807, 2.05) is 32.2 Å². The number of amides is 5. The van der Waals surface area contributed by atoms with Gasteiger partial charge in [0, 0.05) is 59.6 Å². The summed E-state index contributed by atoms with van der Waals surface area (Å²) in [5, 5.41) is 92.1. The van der Waals surface area contributed by atoms with Gasteiger partial charge in [-0.05, 0) is 101 Å². The average molecular weight is 1570 g/mol. The number of hydrogen-bond donors (Lipinski definition) is 18. The molecule has 5 rings (SSSR count). The fourth-order valence-electron chi connectivity index (χ4n) is 11.1. The number of anilines is 2. The molecule has 1 aliphatic heterocycles. The molecule has 1 aromatic carbocycles. The Hall–Kier alpha value is -10.1. The molecule has 5 amide bonds. The Morgan fingerprint density at radius 1 is 0.796 bits per heavy atom. The van der Waals surface area contributed by atoms with Crippen molar-refractivity contribution in [3.05, 3.63) is 73.7 Å². The second-order valence-corrected chi connectivity index (χ2v) is 29.8. The number of H-pyrrole nitrogens is 1. The Morgan fingerprint density at radius 3 is 2.07 bits per heavy atom. The Morgan fingerprint density at radius 2 is 1.44 bits per heavy atom. The first-order valence-corrected chi connectivity index (χ1v) is 37.7. The Balaban J connectivity index is 1.11. The largest absolute Gasteiger partial charge is 0.508 e. The average Bonchev–Trinajstić information content (AvgIpc) is 0.869. The van der Waals surface area contributed by atoms with Crippen LogP contribution in [0, 0.1) is 29.6 Å². The first-order valence-electron chi connectivity index (χ1n) is 34.3. The molecule has 0 spiro atoms. The number of nitrogens with one attached hydrogen (secondary N) is 10.